The standard InChI is InChI=1S/C8H9BrO/c1-6-5-7(9)3-4-8(6)10-2/h3-5,8H,1H2,2H3. The van der Waals surface area contributed by atoms with E-state index in [0.29, 0.717) is 0 Å². The van der Waals surface area contributed by atoms with Crippen LogP contribution in [0.4, 0.5) is 0 Å². The van der Waals surface area contributed by atoms with Crippen LogP contribution in [-0.2, 0) is 4.74 Å². The highest BCUT2D eigenvalue weighted by Gasteiger charge is 2.08. The summed E-state index contributed by atoms with van der Waals surface area (Å²) < 4.78 is 6.15. The Balaban J connectivity index is 2.74. The van der Waals surface area contributed by atoms with Gasteiger partial charge in [-0.05, 0) is 17.7 Å². The zero-order valence-corrected chi connectivity index (χ0v) is 7.39. The molecule has 0 radical (unpaired) electrons. The van der Waals surface area contributed by atoms with Crippen molar-refractivity contribution in [2.24, 2.45) is 0 Å². The highest BCUT2D eigenvalue weighted by Crippen LogP contribution is 2.20. The fourth-order valence-electron chi connectivity index (χ4n) is 0.840. The lowest BCUT2D eigenvalue weighted by molar-refractivity contribution is 0.171. The van der Waals surface area contributed by atoms with Gasteiger partial charge >= 0.3 is 0 Å². The molecule has 0 bridgehead atoms. The average Bonchev–Trinajstić information content (AvgIpc) is 1.88. The average molecular weight is 201 g/mol. The number of allylic oxidation sites excluding steroid dienone is 2. The molecule has 0 fully saturated rings. The highest BCUT2D eigenvalue weighted by molar-refractivity contribution is 9.11. The van der Waals surface area contributed by atoms with E-state index < -0.39 is 0 Å². The summed E-state index contributed by atoms with van der Waals surface area (Å²) in [7, 11) is 1.67. The molecule has 1 aliphatic rings. The van der Waals surface area contributed by atoms with Crippen molar-refractivity contribution in [1.82, 2.24) is 0 Å². The number of rotatable bonds is 1. The number of hydrogen-bond acceptors (Lipinski definition) is 1. The first-order valence-corrected chi connectivity index (χ1v) is 3.80. The smallest absolute Gasteiger partial charge is 0.100 e. The van der Waals surface area contributed by atoms with Gasteiger partial charge in [-0.2, -0.15) is 0 Å². The zero-order chi connectivity index (χ0) is 7.56. The normalized spacial score (nSPS) is 24.8. The molecule has 0 N–H and O–H groups in total. The maximum absolute atomic E-state index is 5.10. The van der Waals surface area contributed by atoms with Crippen LogP contribution in [0, 0.1) is 0 Å². The van der Waals surface area contributed by atoms with E-state index in [4.69, 9.17) is 4.74 Å². The Labute approximate surface area is 69.2 Å². The van der Waals surface area contributed by atoms with Crippen molar-refractivity contribution in [1.29, 1.82) is 0 Å². The van der Waals surface area contributed by atoms with Crippen molar-refractivity contribution in [2.75, 3.05) is 7.11 Å². The number of methoxy groups -OCH3 is 1. The zero-order valence-electron chi connectivity index (χ0n) is 5.80. The number of hydrogen-bond donors (Lipinski definition) is 0. The Morgan fingerprint density at radius 3 is 2.90 bits per heavy atom. The topological polar surface area (TPSA) is 9.23 Å². The van der Waals surface area contributed by atoms with Crippen LogP contribution in [0.2, 0.25) is 0 Å². The number of halogens is 1. The first-order valence-electron chi connectivity index (χ1n) is 3.01. The van der Waals surface area contributed by atoms with E-state index in [9.17, 15) is 0 Å². The third kappa shape index (κ3) is 1.58. The van der Waals surface area contributed by atoms with Crippen LogP contribution in [0.5, 0.6) is 0 Å². The lowest BCUT2D eigenvalue weighted by atomic mass is 10.1. The summed E-state index contributed by atoms with van der Waals surface area (Å²) >= 11 is 3.34. The van der Waals surface area contributed by atoms with Crippen LogP contribution in [0.1, 0.15) is 0 Å². The Morgan fingerprint density at radius 1 is 1.70 bits per heavy atom. The van der Waals surface area contributed by atoms with Crippen LogP contribution in [0.25, 0.3) is 0 Å². The molecule has 0 saturated heterocycles. The predicted octanol–water partition coefficient (Wildman–Crippen LogP) is 2.41. The second-order valence-corrected chi connectivity index (χ2v) is 3.04. The molecule has 1 atom stereocenters. The minimum absolute atomic E-state index is 0.0568. The molecular formula is C8H9BrO. The van der Waals surface area contributed by atoms with Gasteiger partial charge in [0.1, 0.15) is 6.10 Å². The summed E-state index contributed by atoms with van der Waals surface area (Å²) in [6, 6.07) is 0. The Kier molecular flexibility index (Phi) is 2.46. The first kappa shape index (κ1) is 7.76. The summed E-state index contributed by atoms with van der Waals surface area (Å²) in [6.45, 7) is 3.83. The molecule has 0 aromatic carbocycles. The number of ether oxygens (including phenoxy) is 1. The van der Waals surface area contributed by atoms with Gasteiger partial charge in [0.25, 0.3) is 0 Å². The van der Waals surface area contributed by atoms with Gasteiger partial charge in [-0.3, -0.25) is 0 Å². The summed E-state index contributed by atoms with van der Waals surface area (Å²) in [5.41, 5.74) is 0.983. The van der Waals surface area contributed by atoms with Crippen LogP contribution in [0.15, 0.2) is 34.9 Å². The molecule has 0 aliphatic heterocycles. The second-order valence-electron chi connectivity index (χ2n) is 2.12. The molecule has 0 aromatic heterocycles. The third-order valence-electron chi connectivity index (χ3n) is 1.37. The second kappa shape index (κ2) is 3.17. The highest BCUT2D eigenvalue weighted by atomic mass is 79.9. The lowest BCUT2D eigenvalue weighted by Crippen LogP contribution is -2.10. The van der Waals surface area contributed by atoms with Crippen LogP contribution in [0.3, 0.4) is 0 Å². The van der Waals surface area contributed by atoms with E-state index >= 15 is 0 Å². The van der Waals surface area contributed by atoms with E-state index in [2.05, 4.69) is 22.5 Å². The molecule has 0 aromatic rings. The summed E-state index contributed by atoms with van der Waals surface area (Å²) in [5.74, 6) is 0. The molecule has 1 unspecified atom stereocenters. The quantitative estimate of drug-likeness (QED) is 0.632. The largest absolute Gasteiger partial charge is 0.373 e. The molecule has 2 heteroatoms. The van der Waals surface area contributed by atoms with Crippen LogP contribution >= 0.6 is 15.9 Å². The van der Waals surface area contributed by atoms with Gasteiger partial charge in [0, 0.05) is 11.6 Å². The molecule has 1 rings (SSSR count). The Morgan fingerprint density at radius 2 is 2.40 bits per heavy atom. The minimum Gasteiger partial charge on any atom is -0.373 e. The summed E-state index contributed by atoms with van der Waals surface area (Å²) in [6.07, 6.45) is 5.94. The molecule has 10 heavy (non-hydrogen) atoms. The molecule has 0 saturated carbocycles. The van der Waals surface area contributed by atoms with Crippen molar-refractivity contribution >= 4 is 15.9 Å². The van der Waals surface area contributed by atoms with Crippen molar-refractivity contribution in [3.05, 3.63) is 34.9 Å². The van der Waals surface area contributed by atoms with Gasteiger partial charge < -0.3 is 4.74 Å². The predicted molar refractivity (Wildman–Crippen MR) is 46.1 cm³/mol. The van der Waals surface area contributed by atoms with Gasteiger partial charge in [0.2, 0.25) is 0 Å². The molecule has 0 spiro atoms. The van der Waals surface area contributed by atoms with Crippen molar-refractivity contribution in [2.45, 2.75) is 6.10 Å². The summed E-state index contributed by atoms with van der Waals surface area (Å²) in [4.78, 5) is 0. The Hall–Kier alpha value is -0.340. The monoisotopic (exact) mass is 200 g/mol. The SMILES string of the molecule is C=C1C=C(Br)C=CC1OC. The van der Waals surface area contributed by atoms with Crippen LogP contribution in [-0.4, -0.2) is 13.2 Å². The van der Waals surface area contributed by atoms with E-state index in [1.165, 1.54) is 0 Å². The van der Waals surface area contributed by atoms with Gasteiger partial charge in [0.05, 0.1) is 0 Å². The molecule has 0 amide bonds. The third-order valence-corrected chi connectivity index (χ3v) is 1.87. The van der Waals surface area contributed by atoms with Gasteiger partial charge in [0.15, 0.2) is 0 Å². The molecule has 1 aliphatic carbocycles. The first-order chi connectivity index (χ1) is 4.74. The van der Waals surface area contributed by atoms with Crippen molar-refractivity contribution < 1.29 is 4.74 Å². The van der Waals surface area contributed by atoms with Crippen molar-refractivity contribution in [3.8, 4) is 0 Å². The van der Waals surface area contributed by atoms with E-state index in [0.717, 1.165) is 10.1 Å². The van der Waals surface area contributed by atoms with E-state index in [1.807, 2.05) is 18.2 Å². The molecular weight excluding hydrogens is 192 g/mol. The fourth-order valence-corrected chi connectivity index (χ4v) is 1.29. The van der Waals surface area contributed by atoms with Gasteiger partial charge in [-0.15, -0.1) is 0 Å². The van der Waals surface area contributed by atoms with E-state index in [1.54, 1.807) is 7.11 Å². The van der Waals surface area contributed by atoms with Gasteiger partial charge in [-0.25, -0.2) is 0 Å². The van der Waals surface area contributed by atoms with Gasteiger partial charge in [-0.1, -0.05) is 28.6 Å². The minimum atomic E-state index is 0.0568. The molecule has 1 nitrogen and oxygen atoms in total. The molecule has 0 heterocycles. The van der Waals surface area contributed by atoms with E-state index in [-0.39, 0.29) is 6.10 Å². The molecule has 54 valence electrons. The van der Waals surface area contributed by atoms with Crippen molar-refractivity contribution in [3.63, 3.8) is 0 Å². The van der Waals surface area contributed by atoms with Crippen LogP contribution < -0.4 is 0 Å². The maximum Gasteiger partial charge on any atom is 0.100 e. The maximum atomic E-state index is 5.10. The lowest BCUT2D eigenvalue weighted by Gasteiger charge is -2.14. The Bertz CT molecular complexity index is 203. The summed E-state index contributed by atoms with van der Waals surface area (Å²) in [5, 5.41) is 0. The fraction of sp³-hybridized carbons (Fsp3) is 0.250.